The molecule has 48 heavy (non-hydrogen) atoms. The number of nitrogens with one attached hydrogen (secondary N) is 1. The van der Waals surface area contributed by atoms with E-state index >= 15 is 0 Å². The molecule has 1 aliphatic rings. The smallest absolute Gasteiger partial charge is 0.271 e. The standard InChI is InChI=1S/C38H34FN3O5S/c1-4-45-29-18-16-26(17-19-29)35-34(36(43)41-28-12-7-6-8-13-28)24(3)40-38-42(35)37(44)33(48-38)22-25-15-20-31(32(21-25)46-5-2)47-23-27-11-9-10-14-30(27)39/h6-22,35H,4-5,23H2,1-3H3,(H,41,43)/b33-22-/t35-/m1/s1. The van der Waals surface area contributed by atoms with Gasteiger partial charge in [0.2, 0.25) is 0 Å². The average Bonchev–Trinajstić information content (AvgIpc) is 3.39. The maximum absolute atomic E-state index is 14.2. The fourth-order valence-corrected chi connectivity index (χ4v) is 6.53. The Hall–Kier alpha value is -5.48. The van der Waals surface area contributed by atoms with Crippen LogP contribution in [0.5, 0.6) is 17.2 Å². The zero-order valence-corrected chi connectivity index (χ0v) is 27.6. The van der Waals surface area contributed by atoms with E-state index in [2.05, 4.69) is 5.32 Å². The van der Waals surface area contributed by atoms with Crippen LogP contribution in [0.4, 0.5) is 10.1 Å². The first-order chi connectivity index (χ1) is 23.4. The predicted molar refractivity (Wildman–Crippen MR) is 185 cm³/mol. The highest BCUT2D eigenvalue weighted by Crippen LogP contribution is 2.32. The first-order valence-electron chi connectivity index (χ1n) is 15.6. The Morgan fingerprint density at radius 1 is 0.917 bits per heavy atom. The number of fused-ring (bicyclic) bond motifs is 1. The molecule has 1 atom stereocenters. The second kappa shape index (κ2) is 14.5. The number of allylic oxidation sites excluding steroid dienone is 1. The Labute approximate surface area is 281 Å². The fraction of sp³-hybridized carbons (Fsp3) is 0.184. The molecule has 4 aromatic carbocycles. The van der Waals surface area contributed by atoms with E-state index in [1.54, 1.807) is 47.9 Å². The van der Waals surface area contributed by atoms with Crippen LogP contribution in [0.1, 0.15) is 43.5 Å². The lowest BCUT2D eigenvalue weighted by Gasteiger charge is -2.25. The molecule has 1 aromatic heterocycles. The maximum Gasteiger partial charge on any atom is 0.271 e. The zero-order valence-electron chi connectivity index (χ0n) is 26.7. The summed E-state index contributed by atoms with van der Waals surface area (Å²) in [5, 5.41) is 2.97. The molecule has 10 heteroatoms. The van der Waals surface area contributed by atoms with Crippen molar-refractivity contribution in [2.24, 2.45) is 4.99 Å². The highest BCUT2D eigenvalue weighted by Gasteiger charge is 2.32. The number of hydrogen-bond acceptors (Lipinski definition) is 7. The van der Waals surface area contributed by atoms with Gasteiger partial charge in [-0.15, -0.1) is 0 Å². The molecule has 0 radical (unpaired) electrons. The van der Waals surface area contributed by atoms with Crippen LogP contribution >= 0.6 is 11.3 Å². The Morgan fingerprint density at radius 2 is 1.65 bits per heavy atom. The number of thiazole rings is 1. The highest BCUT2D eigenvalue weighted by molar-refractivity contribution is 7.07. The number of rotatable bonds is 11. The van der Waals surface area contributed by atoms with Crippen molar-refractivity contribution >= 4 is 29.0 Å². The van der Waals surface area contributed by atoms with Crippen LogP contribution in [0.3, 0.4) is 0 Å². The summed E-state index contributed by atoms with van der Waals surface area (Å²) in [6.45, 7) is 6.50. The zero-order chi connectivity index (χ0) is 33.6. The van der Waals surface area contributed by atoms with Gasteiger partial charge in [0.1, 0.15) is 18.2 Å². The van der Waals surface area contributed by atoms with E-state index in [0.717, 1.165) is 5.56 Å². The van der Waals surface area contributed by atoms with Crippen molar-refractivity contribution in [3.63, 3.8) is 0 Å². The molecule has 0 fully saturated rings. The molecule has 1 N–H and O–H groups in total. The van der Waals surface area contributed by atoms with Crippen molar-refractivity contribution in [1.82, 2.24) is 4.57 Å². The second-order valence-electron chi connectivity index (χ2n) is 10.9. The fourth-order valence-electron chi connectivity index (χ4n) is 5.48. The maximum atomic E-state index is 14.2. The summed E-state index contributed by atoms with van der Waals surface area (Å²) in [7, 11) is 0. The molecule has 244 valence electrons. The molecular formula is C38H34FN3O5S. The molecule has 0 saturated heterocycles. The number of nitrogens with zero attached hydrogens (tertiary/aromatic N) is 2. The highest BCUT2D eigenvalue weighted by atomic mass is 32.1. The first-order valence-corrected chi connectivity index (χ1v) is 16.4. The SMILES string of the molecule is CCOc1ccc([C@@H]2C(C(=O)Nc3ccccc3)=C(C)N=c3s/c(=C\c4ccc(OCc5ccccc5F)c(OCC)c4)c(=O)n32)cc1. The van der Waals surface area contributed by atoms with E-state index in [-0.39, 0.29) is 23.9 Å². The number of aromatic nitrogens is 1. The number of carbonyl (C=O) groups excluding carboxylic acids is 1. The molecule has 5 aromatic rings. The molecule has 0 saturated carbocycles. The largest absolute Gasteiger partial charge is 0.494 e. The topological polar surface area (TPSA) is 91.2 Å². The van der Waals surface area contributed by atoms with Crippen LogP contribution in [0.25, 0.3) is 6.08 Å². The van der Waals surface area contributed by atoms with Gasteiger partial charge >= 0.3 is 0 Å². The van der Waals surface area contributed by atoms with Gasteiger partial charge < -0.3 is 19.5 Å². The number of anilines is 1. The van der Waals surface area contributed by atoms with Crippen molar-refractivity contribution < 1.29 is 23.4 Å². The number of halogens is 1. The monoisotopic (exact) mass is 663 g/mol. The van der Waals surface area contributed by atoms with E-state index < -0.39 is 6.04 Å². The molecule has 0 aliphatic carbocycles. The van der Waals surface area contributed by atoms with E-state index in [1.165, 1.54) is 17.4 Å². The molecule has 0 bridgehead atoms. The van der Waals surface area contributed by atoms with E-state index in [1.807, 2.05) is 74.5 Å². The lowest BCUT2D eigenvalue weighted by atomic mass is 9.95. The van der Waals surface area contributed by atoms with E-state index in [0.29, 0.717) is 67.9 Å². The molecule has 1 amide bonds. The van der Waals surface area contributed by atoms with Crippen molar-refractivity contribution in [2.75, 3.05) is 18.5 Å². The lowest BCUT2D eigenvalue weighted by molar-refractivity contribution is -0.113. The van der Waals surface area contributed by atoms with Gasteiger partial charge in [-0.2, -0.15) is 0 Å². The van der Waals surface area contributed by atoms with Crippen molar-refractivity contribution in [3.05, 3.63) is 151 Å². The quantitative estimate of drug-likeness (QED) is 0.177. The van der Waals surface area contributed by atoms with E-state index in [4.69, 9.17) is 19.2 Å². The van der Waals surface area contributed by atoms with Gasteiger partial charge in [0, 0.05) is 11.3 Å². The van der Waals surface area contributed by atoms with Gasteiger partial charge in [-0.1, -0.05) is 65.9 Å². The first kappa shape index (κ1) is 32.5. The average molecular weight is 664 g/mol. The Balaban J connectivity index is 1.39. The Bertz CT molecular complexity index is 2160. The lowest BCUT2D eigenvalue weighted by Crippen LogP contribution is -2.40. The van der Waals surface area contributed by atoms with Gasteiger partial charge in [0.25, 0.3) is 11.5 Å². The minimum atomic E-state index is -0.726. The van der Waals surface area contributed by atoms with Crippen molar-refractivity contribution in [2.45, 2.75) is 33.4 Å². The Morgan fingerprint density at radius 3 is 2.38 bits per heavy atom. The summed E-state index contributed by atoms with van der Waals surface area (Å²) in [6.07, 6.45) is 1.77. The summed E-state index contributed by atoms with van der Waals surface area (Å²) in [6, 6.07) is 27.6. The van der Waals surface area contributed by atoms with Crippen LogP contribution in [0, 0.1) is 5.82 Å². The molecule has 8 nitrogen and oxygen atoms in total. The number of amides is 1. The molecular weight excluding hydrogens is 629 g/mol. The molecule has 0 unspecified atom stereocenters. The number of para-hydroxylation sites is 1. The Kier molecular flexibility index (Phi) is 9.82. The normalized spacial score (nSPS) is 14.2. The third-order valence-electron chi connectivity index (χ3n) is 7.71. The molecule has 0 spiro atoms. The third-order valence-corrected chi connectivity index (χ3v) is 8.69. The summed E-state index contributed by atoms with van der Waals surface area (Å²) < 4.78 is 33.6. The third kappa shape index (κ3) is 6.94. The molecule has 2 heterocycles. The van der Waals surface area contributed by atoms with Crippen molar-refractivity contribution in [3.8, 4) is 17.2 Å². The van der Waals surface area contributed by atoms with E-state index in [9.17, 15) is 14.0 Å². The molecule has 1 aliphatic heterocycles. The summed E-state index contributed by atoms with van der Waals surface area (Å²) in [4.78, 5) is 33.2. The van der Waals surface area contributed by atoms with Gasteiger partial charge in [-0.25, -0.2) is 9.38 Å². The van der Waals surface area contributed by atoms with Gasteiger partial charge in [0.05, 0.1) is 35.1 Å². The van der Waals surface area contributed by atoms with Crippen LogP contribution < -0.4 is 34.4 Å². The van der Waals surface area contributed by atoms with Crippen LogP contribution in [0.2, 0.25) is 0 Å². The summed E-state index contributed by atoms with van der Waals surface area (Å²) in [5.74, 6) is 0.929. The van der Waals surface area contributed by atoms with Crippen LogP contribution in [-0.2, 0) is 11.4 Å². The molecule has 6 rings (SSSR count). The number of hydrogen-bond donors (Lipinski definition) is 1. The summed E-state index contributed by atoms with van der Waals surface area (Å²) >= 11 is 1.24. The number of benzene rings is 4. The minimum Gasteiger partial charge on any atom is -0.494 e. The number of carbonyl (C=O) groups is 1. The number of ether oxygens (including phenoxy) is 3. The summed E-state index contributed by atoms with van der Waals surface area (Å²) in [5.41, 5.74) is 3.12. The second-order valence-corrected chi connectivity index (χ2v) is 11.9. The van der Waals surface area contributed by atoms with Crippen LogP contribution in [0.15, 0.2) is 118 Å². The van der Waals surface area contributed by atoms with Gasteiger partial charge in [-0.05, 0) is 80.4 Å². The van der Waals surface area contributed by atoms with Gasteiger partial charge in [0.15, 0.2) is 16.3 Å². The minimum absolute atomic E-state index is 0.0375. The van der Waals surface area contributed by atoms with Crippen LogP contribution in [-0.4, -0.2) is 23.7 Å². The van der Waals surface area contributed by atoms with Gasteiger partial charge in [-0.3, -0.25) is 14.2 Å². The van der Waals surface area contributed by atoms with Crippen molar-refractivity contribution in [1.29, 1.82) is 0 Å². The predicted octanol–water partition coefficient (Wildman–Crippen LogP) is 6.39.